The summed E-state index contributed by atoms with van der Waals surface area (Å²) in [7, 11) is 0. The van der Waals surface area contributed by atoms with Crippen molar-refractivity contribution in [1.82, 2.24) is 5.06 Å². The molecule has 2 amide bonds. The molecule has 0 N–H and O–H groups in total. The van der Waals surface area contributed by atoms with Gasteiger partial charge in [-0.25, -0.2) is 9.18 Å². The number of fused-ring (bicyclic) bond motifs is 1. The molecule has 2 aliphatic rings. The number of nitrogens with zero attached hydrogens (tertiary/aromatic N) is 1. The van der Waals surface area contributed by atoms with Crippen molar-refractivity contribution in [1.29, 1.82) is 0 Å². The van der Waals surface area contributed by atoms with Crippen LogP contribution in [-0.4, -0.2) is 29.0 Å². The van der Waals surface area contributed by atoms with Crippen molar-refractivity contribution in [2.45, 2.75) is 44.7 Å². The van der Waals surface area contributed by atoms with Crippen molar-refractivity contribution in [2.24, 2.45) is 5.92 Å². The number of hydroxylamine groups is 2. The van der Waals surface area contributed by atoms with Gasteiger partial charge in [0.05, 0.1) is 11.1 Å². The Hall–Kier alpha value is -2.24. The van der Waals surface area contributed by atoms with Crippen molar-refractivity contribution in [3.63, 3.8) is 0 Å². The zero-order chi connectivity index (χ0) is 16.4. The van der Waals surface area contributed by atoms with Crippen molar-refractivity contribution >= 4 is 17.8 Å². The summed E-state index contributed by atoms with van der Waals surface area (Å²) in [5, 5.41) is 0.362. The third-order valence-electron chi connectivity index (χ3n) is 4.46. The van der Waals surface area contributed by atoms with Crippen LogP contribution < -0.4 is 0 Å². The molecule has 1 aromatic rings. The Morgan fingerprint density at radius 3 is 2.26 bits per heavy atom. The molecule has 3 rings (SSSR count). The fourth-order valence-electron chi connectivity index (χ4n) is 3.21. The predicted octanol–water partition coefficient (Wildman–Crippen LogP) is 3.05. The molecule has 0 spiro atoms. The summed E-state index contributed by atoms with van der Waals surface area (Å²) in [5.74, 6) is -2.48. The van der Waals surface area contributed by atoms with E-state index in [0.717, 1.165) is 32.1 Å². The normalized spacial score (nSPS) is 19.6. The van der Waals surface area contributed by atoms with Gasteiger partial charge in [0.2, 0.25) is 0 Å². The number of halogens is 1. The maximum Gasteiger partial charge on any atom is 0.367 e. The number of carbonyl (C=O) groups is 3. The van der Waals surface area contributed by atoms with Gasteiger partial charge >= 0.3 is 5.97 Å². The molecule has 1 heterocycles. The van der Waals surface area contributed by atoms with Crippen LogP contribution in [0.3, 0.4) is 0 Å². The average Bonchev–Trinajstić information content (AvgIpc) is 2.81. The van der Waals surface area contributed by atoms with Gasteiger partial charge in [-0.05, 0) is 24.5 Å². The Balaban J connectivity index is 1.62. The SMILES string of the molecule is O=C(ON1C(=O)c2ccccc2C1=O)C(F)CC1CCCCC1. The van der Waals surface area contributed by atoms with Crippen LogP contribution in [0.15, 0.2) is 24.3 Å². The standard InChI is InChI=1S/C17H18FNO4/c18-14(10-11-6-2-1-3-7-11)17(22)23-19-15(20)12-8-4-5-9-13(12)16(19)21/h4-5,8-9,11,14H,1-3,6-7,10H2. The number of imide groups is 1. The Morgan fingerprint density at radius 2 is 1.70 bits per heavy atom. The smallest absolute Gasteiger partial charge is 0.326 e. The molecule has 1 aromatic carbocycles. The van der Waals surface area contributed by atoms with Gasteiger partial charge in [-0.1, -0.05) is 49.3 Å². The molecular weight excluding hydrogens is 301 g/mol. The Bertz CT molecular complexity index is 604. The van der Waals surface area contributed by atoms with Crippen LogP contribution in [0.4, 0.5) is 4.39 Å². The zero-order valence-corrected chi connectivity index (χ0v) is 12.7. The third-order valence-corrected chi connectivity index (χ3v) is 4.46. The first kappa shape index (κ1) is 15.6. The van der Waals surface area contributed by atoms with Crippen LogP contribution in [0.5, 0.6) is 0 Å². The van der Waals surface area contributed by atoms with Gasteiger partial charge in [-0.15, -0.1) is 0 Å². The number of benzene rings is 1. The van der Waals surface area contributed by atoms with E-state index in [1.165, 1.54) is 12.1 Å². The molecule has 122 valence electrons. The van der Waals surface area contributed by atoms with E-state index < -0.39 is 24.0 Å². The highest BCUT2D eigenvalue weighted by molar-refractivity contribution is 6.20. The molecule has 1 fully saturated rings. The number of hydrogen-bond acceptors (Lipinski definition) is 4. The maximum absolute atomic E-state index is 14.1. The second kappa shape index (κ2) is 6.48. The van der Waals surface area contributed by atoms with E-state index in [-0.39, 0.29) is 23.5 Å². The molecule has 1 atom stereocenters. The molecule has 0 saturated heterocycles. The molecule has 1 unspecified atom stereocenters. The highest BCUT2D eigenvalue weighted by Gasteiger charge is 2.40. The van der Waals surface area contributed by atoms with Crippen LogP contribution in [0.2, 0.25) is 0 Å². The summed E-state index contributed by atoms with van der Waals surface area (Å²) in [6.07, 6.45) is 3.31. The second-order valence-electron chi connectivity index (χ2n) is 6.07. The third kappa shape index (κ3) is 3.11. The molecule has 0 radical (unpaired) electrons. The van der Waals surface area contributed by atoms with Crippen molar-refractivity contribution in [2.75, 3.05) is 0 Å². The highest BCUT2D eigenvalue weighted by atomic mass is 19.1. The second-order valence-corrected chi connectivity index (χ2v) is 6.07. The van der Waals surface area contributed by atoms with Crippen LogP contribution >= 0.6 is 0 Å². The van der Waals surface area contributed by atoms with Gasteiger partial charge in [0, 0.05) is 0 Å². The van der Waals surface area contributed by atoms with Crippen LogP contribution in [-0.2, 0) is 9.63 Å². The summed E-state index contributed by atoms with van der Waals surface area (Å²) in [4.78, 5) is 40.7. The molecule has 5 nitrogen and oxygen atoms in total. The van der Waals surface area contributed by atoms with Gasteiger partial charge in [-0.2, -0.15) is 0 Å². The van der Waals surface area contributed by atoms with Gasteiger partial charge in [0.25, 0.3) is 11.8 Å². The summed E-state index contributed by atoms with van der Waals surface area (Å²) in [6.45, 7) is 0. The molecule has 1 aliphatic heterocycles. The van der Waals surface area contributed by atoms with Gasteiger partial charge in [0.15, 0.2) is 6.17 Å². The fraction of sp³-hybridized carbons (Fsp3) is 0.471. The molecule has 1 aliphatic carbocycles. The van der Waals surface area contributed by atoms with Gasteiger partial charge in [0.1, 0.15) is 0 Å². The van der Waals surface area contributed by atoms with E-state index in [2.05, 4.69) is 0 Å². The number of alkyl halides is 1. The largest absolute Gasteiger partial charge is 0.367 e. The summed E-state index contributed by atoms with van der Waals surface area (Å²) >= 11 is 0. The monoisotopic (exact) mass is 319 g/mol. The number of carbonyl (C=O) groups excluding carboxylic acids is 3. The number of hydrogen-bond donors (Lipinski definition) is 0. The number of amides is 2. The first-order valence-corrected chi connectivity index (χ1v) is 7.91. The van der Waals surface area contributed by atoms with Crippen molar-refractivity contribution < 1.29 is 23.6 Å². The van der Waals surface area contributed by atoms with Crippen LogP contribution in [0.1, 0.15) is 59.2 Å². The van der Waals surface area contributed by atoms with Crippen LogP contribution in [0, 0.1) is 5.92 Å². The molecule has 1 saturated carbocycles. The van der Waals surface area contributed by atoms with E-state index in [0.29, 0.717) is 5.06 Å². The summed E-state index contributed by atoms with van der Waals surface area (Å²) in [6, 6.07) is 6.16. The van der Waals surface area contributed by atoms with E-state index in [4.69, 9.17) is 4.84 Å². The van der Waals surface area contributed by atoms with E-state index >= 15 is 0 Å². The van der Waals surface area contributed by atoms with Gasteiger partial charge in [-0.3, -0.25) is 9.59 Å². The minimum atomic E-state index is -1.82. The lowest BCUT2D eigenvalue weighted by atomic mass is 9.86. The maximum atomic E-state index is 14.1. The number of rotatable bonds is 4. The Morgan fingerprint density at radius 1 is 1.13 bits per heavy atom. The Kier molecular flexibility index (Phi) is 4.41. The van der Waals surface area contributed by atoms with E-state index in [9.17, 15) is 18.8 Å². The molecule has 0 aromatic heterocycles. The predicted molar refractivity (Wildman–Crippen MR) is 79.1 cm³/mol. The molecule has 23 heavy (non-hydrogen) atoms. The summed E-state index contributed by atoms with van der Waals surface area (Å²) < 4.78 is 14.1. The zero-order valence-electron chi connectivity index (χ0n) is 12.7. The highest BCUT2D eigenvalue weighted by Crippen LogP contribution is 2.29. The molecule has 0 bridgehead atoms. The first-order valence-electron chi connectivity index (χ1n) is 7.91. The lowest BCUT2D eigenvalue weighted by Crippen LogP contribution is -2.36. The minimum absolute atomic E-state index is 0.0853. The molecule has 6 heteroatoms. The van der Waals surface area contributed by atoms with Crippen molar-refractivity contribution in [3.8, 4) is 0 Å². The first-order chi connectivity index (χ1) is 11.1. The fourth-order valence-corrected chi connectivity index (χ4v) is 3.21. The van der Waals surface area contributed by atoms with E-state index in [1.807, 2.05) is 0 Å². The van der Waals surface area contributed by atoms with Crippen LogP contribution in [0.25, 0.3) is 0 Å². The minimum Gasteiger partial charge on any atom is -0.326 e. The summed E-state index contributed by atoms with van der Waals surface area (Å²) in [5.41, 5.74) is 0.320. The lowest BCUT2D eigenvalue weighted by molar-refractivity contribution is -0.175. The molecular formula is C17H18FNO4. The van der Waals surface area contributed by atoms with E-state index in [1.54, 1.807) is 12.1 Å². The van der Waals surface area contributed by atoms with Crippen molar-refractivity contribution in [3.05, 3.63) is 35.4 Å². The van der Waals surface area contributed by atoms with Gasteiger partial charge < -0.3 is 4.84 Å². The topological polar surface area (TPSA) is 63.7 Å². The average molecular weight is 319 g/mol. The quantitative estimate of drug-likeness (QED) is 0.800. The Labute approximate surface area is 133 Å². The lowest BCUT2D eigenvalue weighted by Gasteiger charge is -2.22.